The van der Waals surface area contributed by atoms with E-state index in [2.05, 4.69) is 26.6 Å². The molecule has 0 heterocycles. The summed E-state index contributed by atoms with van der Waals surface area (Å²) in [5.74, 6) is -0.964. The number of hydrogen-bond donors (Lipinski definition) is 3. The van der Waals surface area contributed by atoms with Crippen LogP contribution in [-0.4, -0.2) is 22.6 Å². The summed E-state index contributed by atoms with van der Waals surface area (Å²) in [4.78, 5) is 23.4. The molecular weight excluding hydrogens is 324 g/mol. The predicted molar refractivity (Wildman–Crippen MR) is 79.9 cm³/mol. The minimum absolute atomic E-state index is 0.477. The van der Waals surface area contributed by atoms with E-state index in [1.165, 1.54) is 0 Å². The molecule has 0 atom stereocenters. The SMILES string of the molecule is Cc1ccc(Br)c(NC(=O)NC2(C(=O)O)CCCC2)c1. The first-order valence-corrected chi connectivity index (χ1v) is 7.31. The number of carboxylic acid groups (broad SMARTS) is 1. The number of anilines is 1. The Balaban J connectivity index is 2.08. The van der Waals surface area contributed by atoms with E-state index >= 15 is 0 Å². The fourth-order valence-corrected chi connectivity index (χ4v) is 2.82. The lowest BCUT2D eigenvalue weighted by Gasteiger charge is -2.25. The highest BCUT2D eigenvalue weighted by molar-refractivity contribution is 9.10. The fourth-order valence-electron chi connectivity index (χ4n) is 2.48. The molecule has 20 heavy (non-hydrogen) atoms. The molecule has 6 heteroatoms. The van der Waals surface area contributed by atoms with Crippen LogP contribution in [0.3, 0.4) is 0 Å². The van der Waals surface area contributed by atoms with Gasteiger partial charge in [-0.25, -0.2) is 9.59 Å². The second-order valence-corrected chi connectivity index (χ2v) is 6.01. The van der Waals surface area contributed by atoms with Gasteiger partial charge < -0.3 is 15.7 Å². The van der Waals surface area contributed by atoms with Crippen LogP contribution in [0.2, 0.25) is 0 Å². The summed E-state index contributed by atoms with van der Waals surface area (Å²) >= 11 is 3.36. The first-order valence-electron chi connectivity index (χ1n) is 6.52. The number of carboxylic acids is 1. The van der Waals surface area contributed by atoms with Gasteiger partial charge in [0.1, 0.15) is 5.54 Å². The predicted octanol–water partition coefficient (Wildman–Crippen LogP) is 3.28. The Bertz CT molecular complexity index is 539. The molecule has 5 nitrogen and oxygen atoms in total. The lowest BCUT2D eigenvalue weighted by atomic mass is 9.98. The van der Waals surface area contributed by atoms with E-state index in [4.69, 9.17) is 0 Å². The van der Waals surface area contributed by atoms with E-state index in [-0.39, 0.29) is 0 Å². The van der Waals surface area contributed by atoms with Gasteiger partial charge in [-0.1, -0.05) is 18.9 Å². The van der Waals surface area contributed by atoms with E-state index < -0.39 is 17.5 Å². The van der Waals surface area contributed by atoms with Crippen LogP contribution in [-0.2, 0) is 4.79 Å². The molecule has 1 aromatic rings. The second kappa shape index (κ2) is 5.83. The van der Waals surface area contributed by atoms with Crippen molar-refractivity contribution in [3.8, 4) is 0 Å². The molecule has 0 saturated heterocycles. The number of halogens is 1. The smallest absolute Gasteiger partial charge is 0.329 e. The van der Waals surface area contributed by atoms with Crippen molar-refractivity contribution in [2.24, 2.45) is 0 Å². The van der Waals surface area contributed by atoms with Gasteiger partial charge in [-0.2, -0.15) is 0 Å². The van der Waals surface area contributed by atoms with Crippen LogP contribution >= 0.6 is 15.9 Å². The van der Waals surface area contributed by atoms with Crippen molar-refractivity contribution in [3.63, 3.8) is 0 Å². The third-order valence-corrected chi connectivity index (χ3v) is 4.28. The summed E-state index contributed by atoms with van der Waals surface area (Å²) in [6.45, 7) is 1.92. The van der Waals surface area contributed by atoms with Crippen LogP contribution in [0, 0.1) is 6.92 Å². The van der Waals surface area contributed by atoms with E-state index in [9.17, 15) is 14.7 Å². The van der Waals surface area contributed by atoms with Crippen molar-refractivity contribution >= 4 is 33.6 Å². The van der Waals surface area contributed by atoms with Gasteiger partial charge in [0.05, 0.1) is 5.69 Å². The van der Waals surface area contributed by atoms with E-state index in [0.717, 1.165) is 22.9 Å². The lowest BCUT2D eigenvalue weighted by Crippen LogP contribution is -2.53. The molecule has 0 aromatic heterocycles. The molecule has 1 saturated carbocycles. The lowest BCUT2D eigenvalue weighted by molar-refractivity contribution is -0.144. The average molecular weight is 341 g/mol. The summed E-state index contributed by atoms with van der Waals surface area (Å²) in [5.41, 5.74) is 0.513. The number of rotatable bonds is 3. The van der Waals surface area contributed by atoms with Gasteiger partial charge in [0.25, 0.3) is 0 Å². The Morgan fingerprint density at radius 2 is 1.95 bits per heavy atom. The molecule has 1 fully saturated rings. The van der Waals surface area contributed by atoms with Gasteiger partial charge in [0, 0.05) is 4.47 Å². The van der Waals surface area contributed by atoms with Crippen molar-refractivity contribution < 1.29 is 14.7 Å². The number of nitrogens with one attached hydrogen (secondary N) is 2. The highest BCUT2D eigenvalue weighted by atomic mass is 79.9. The second-order valence-electron chi connectivity index (χ2n) is 5.16. The van der Waals surface area contributed by atoms with Crippen LogP contribution in [0.1, 0.15) is 31.2 Å². The first-order chi connectivity index (χ1) is 9.43. The highest BCUT2D eigenvalue weighted by Crippen LogP contribution is 2.30. The van der Waals surface area contributed by atoms with Crippen molar-refractivity contribution in [2.45, 2.75) is 38.1 Å². The molecule has 0 aliphatic heterocycles. The van der Waals surface area contributed by atoms with E-state index in [1.54, 1.807) is 0 Å². The molecular formula is C14H17BrN2O3. The maximum absolute atomic E-state index is 12.0. The Hall–Kier alpha value is -1.56. The molecule has 0 spiro atoms. The third-order valence-electron chi connectivity index (χ3n) is 3.59. The van der Waals surface area contributed by atoms with Gasteiger partial charge in [-0.05, 0) is 53.4 Å². The Morgan fingerprint density at radius 1 is 1.30 bits per heavy atom. The Morgan fingerprint density at radius 3 is 2.55 bits per heavy atom. The number of hydrogen-bond acceptors (Lipinski definition) is 2. The highest BCUT2D eigenvalue weighted by Gasteiger charge is 2.42. The third kappa shape index (κ3) is 3.12. The summed E-state index contributed by atoms with van der Waals surface area (Å²) in [7, 11) is 0. The summed E-state index contributed by atoms with van der Waals surface area (Å²) < 4.78 is 0.758. The monoisotopic (exact) mass is 340 g/mol. The molecule has 2 amide bonds. The Kier molecular flexibility index (Phi) is 4.32. The maximum Gasteiger partial charge on any atom is 0.329 e. The number of carbonyl (C=O) groups is 2. The zero-order valence-electron chi connectivity index (χ0n) is 11.2. The standard InChI is InChI=1S/C14H17BrN2O3/c1-9-4-5-10(15)11(8-9)16-13(20)17-14(12(18)19)6-2-3-7-14/h4-5,8H,2-3,6-7H2,1H3,(H,18,19)(H2,16,17,20). The summed E-state index contributed by atoms with van der Waals surface area (Å²) in [6, 6.07) is 5.10. The fraction of sp³-hybridized carbons (Fsp3) is 0.429. The van der Waals surface area contributed by atoms with Crippen LogP contribution in [0.15, 0.2) is 22.7 Å². The average Bonchev–Trinajstić information content (AvgIpc) is 2.83. The minimum atomic E-state index is -1.12. The van der Waals surface area contributed by atoms with Gasteiger partial charge in [-0.3, -0.25) is 0 Å². The van der Waals surface area contributed by atoms with Crippen molar-refractivity contribution in [2.75, 3.05) is 5.32 Å². The summed E-state index contributed by atoms with van der Waals surface area (Å²) in [5, 5.41) is 14.6. The topological polar surface area (TPSA) is 78.4 Å². The van der Waals surface area contributed by atoms with Crippen LogP contribution in [0.5, 0.6) is 0 Å². The van der Waals surface area contributed by atoms with Gasteiger partial charge in [-0.15, -0.1) is 0 Å². The molecule has 2 rings (SSSR count). The number of carbonyl (C=O) groups excluding carboxylic acids is 1. The summed E-state index contributed by atoms with van der Waals surface area (Å²) in [6.07, 6.45) is 2.59. The quantitative estimate of drug-likeness (QED) is 0.789. The van der Waals surface area contributed by atoms with Crippen LogP contribution < -0.4 is 10.6 Å². The number of benzene rings is 1. The molecule has 1 aromatic carbocycles. The number of urea groups is 1. The number of amides is 2. The molecule has 3 N–H and O–H groups in total. The first kappa shape index (κ1) is 14.8. The van der Waals surface area contributed by atoms with Crippen LogP contribution in [0.25, 0.3) is 0 Å². The van der Waals surface area contributed by atoms with Crippen molar-refractivity contribution in [1.29, 1.82) is 0 Å². The maximum atomic E-state index is 12.0. The van der Waals surface area contributed by atoms with E-state index in [1.807, 2.05) is 25.1 Å². The molecule has 108 valence electrons. The zero-order valence-corrected chi connectivity index (χ0v) is 12.8. The van der Waals surface area contributed by atoms with Crippen LogP contribution in [0.4, 0.5) is 10.5 Å². The largest absolute Gasteiger partial charge is 0.480 e. The van der Waals surface area contributed by atoms with Crippen molar-refractivity contribution in [1.82, 2.24) is 5.32 Å². The van der Waals surface area contributed by atoms with Gasteiger partial charge in [0.2, 0.25) is 0 Å². The normalized spacial score (nSPS) is 16.7. The van der Waals surface area contributed by atoms with Gasteiger partial charge >= 0.3 is 12.0 Å². The molecule has 0 unspecified atom stereocenters. The van der Waals surface area contributed by atoms with Gasteiger partial charge in [0.15, 0.2) is 0 Å². The molecule has 1 aliphatic rings. The molecule has 0 radical (unpaired) electrons. The molecule has 1 aliphatic carbocycles. The number of aryl methyl sites for hydroxylation is 1. The van der Waals surface area contributed by atoms with E-state index in [0.29, 0.717) is 18.5 Å². The number of aliphatic carboxylic acids is 1. The van der Waals surface area contributed by atoms with Crippen molar-refractivity contribution in [3.05, 3.63) is 28.2 Å². The Labute approximate surface area is 125 Å². The minimum Gasteiger partial charge on any atom is -0.480 e. The zero-order chi connectivity index (χ0) is 14.8. The molecule has 0 bridgehead atoms.